The molecule has 0 radical (unpaired) electrons. The van der Waals surface area contributed by atoms with Gasteiger partial charge in [-0.05, 0) is 30.3 Å². The molecule has 0 fully saturated rings. The van der Waals surface area contributed by atoms with Crippen LogP contribution in [-0.2, 0) is 21.0 Å². The van der Waals surface area contributed by atoms with Gasteiger partial charge >= 0.3 is 6.18 Å². The first kappa shape index (κ1) is 19.3. The van der Waals surface area contributed by atoms with Crippen LogP contribution < -0.4 is 14.8 Å². The standard InChI is InChI=1S/C16H12ClF3N2O4S/c17-11-6-5-9(7-10(11)16(18,19)20)27(24,25)22-8-14(15(21)23)26-13-4-2-1-3-12(13)22/h1-7,14H,8H2,(H2,21,23)/t14-/m0/s1. The number of nitrogens with zero attached hydrogens (tertiary/aromatic N) is 1. The first-order valence-corrected chi connectivity index (χ1v) is 9.28. The second-order valence-corrected chi connectivity index (χ2v) is 7.92. The fourth-order valence-electron chi connectivity index (χ4n) is 2.59. The van der Waals surface area contributed by atoms with Crippen LogP contribution in [0, 0.1) is 0 Å². The van der Waals surface area contributed by atoms with Gasteiger partial charge in [0.2, 0.25) is 0 Å². The van der Waals surface area contributed by atoms with E-state index >= 15 is 0 Å². The third kappa shape index (κ3) is 3.54. The van der Waals surface area contributed by atoms with E-state index in [1.807, 2.05) is 0 Å². The molecule has 0 aliphatic carbocycles. The van der Waals surface area contributed by atoms with E-state index in [-0.39, 0.29) is 11.4 Å². The molecule has 6 nitrogen and oxygen atoms in total. The van der Waals surface area contributed by atoms with Crippen molar-refractivity contribution < 1.29 is 31.1 Å². The van der Waals surface area contributed by atoms with E-state index in [1.54, 1.807) is 6.07 Å². The molecule has 0 spiro atoms. The highest BCUT2D eigenvalue weighted by molar-refractivity contribution is 7.92. The van der Waals surface area contributed by atoms with Crippen LogP contribution in [0.3, 0.4) is 0 Å². The number of primary amides is 1. The van der Waals surface area contributed by atoms with Crippen molar-refractivity contribution in [1.29, 1.82) is 0 Å². The first-order valence-electron chi connectivity index (χ1n) is 7.46. The topological polar surface area (TPSA) is 89.7 Å². The third-order valence-electron chi connectivity index (χ3n) is 3.88. The quantitative estimate of drug-likeness (QED) is 0.826. The number of hydrogen-bond donors (Lipinski definition) is 1. The summed E-state index contributed by atoms with van der Waals surface area (Å²) < 4.78 is 71.5. The number of halogens is 4. The number of nitrogens with two attached hydrogens (primary N) is 1. The number of ether oxygens (including phenoxy) is 1. The lowest BCUT2D eigenvalue weighted by Crippen LogP contribution is -2.49. The normalized spacial score (nSPS) is 17.2. The van der Waals surface area contributed by atoms with Crippen molar-refractivity contribution in [2.24, 2.45) is 5.73 Å². The molecule has 1 amide bonds. The summed E-state index contributed by atoms with van der Waals surface area (Å²) >= 11 is 5.55. The fourth-order valence-corrected chi connectivity index (χ4v) is 4.31. The lowest BCUT2D eigenvalue weighted by Gasteiger charge is -2.34. The average Bonchev–Trinajstić information content (AvgIpc) is 2.59. The minimum Gasteiger partial charge on any atom is -0.476 e. The van der Waals surface area contributed by atoms with E-state index in [4.69, 9.17) is 22.1 Å². The minimum atomic E-state index is -4.83. The van der Waals surface area contributed by atoms with E-state index in [9.17, 15) is 26.4 Å². The molecular weight excluding hydrogens is 409 g/mol. The minimum absolute atomic E-state index is 0.0705. The zero-order valence-electron chi connectivity index (χ0n) is 13.4. The maximum Gasteiger partial charge on any atom is 0.417 e. The number of sulfonamides is 1. The second kappa shape index (κ2) is 6.61. The molecule has 11 heteroatoms. The van der Waals surface area contributed by atoms with Crippen molar-refractivity contribution in [3.8, 4) is 5.75 Å². The van der Waals surface area contributed by atoms with E-state index < -0.39 is 50.2 Å². The van der Waals surface area contributed by atoms with Gasteiger partial charge < -0.3 is 10.5 Å². The molecule has 2 aromatic rings. The largest absolute Gasteiger partial charge is 0.476 e. The number of alkyl halides is 3. The fraction of sp³-hybridized carbons (Fsp3) is 0.188. The SMILES string of the molecule is NC(=O)[C@@H]1CN(S(=O)(=O)c2ccc(Cl)c(C(F)(F)F)c2)c2ccccc2O1. The molecule has 1 atom stereocenters. The van der Waals surface area contributed by atoms with Gasteiger partial charge in [0, 0.05) is 0 Å². The monoisotopic (exact) mass is 420 g/mol. The molecule has 0 saturated carbocycles. The summed E-state index contributed by atoms with van der Waals surface area (Å²) in [6, 6.07) is 8.18. The van der Waals surface area contributed by atoms with Crippen LogP contribution in [0.25, 0.3) is 0 Å². The number of fused-ring (bicyclic) bond motifs is 1. The number of carbonyl (C=O) groups is 1. The van der Waals surface area contributed by atoms with Crippen molar-refractivity contribution in [2.75, 3.05) is 10.8 Å². The summed E-state index contributed by atoms with van der Waals surface area (Å²) in [7, 11) is -4.45. The number of benzene rings is 2. The van der Waals surface area contributed by atoms with Crippen molar-refractivity contribution in [1.82, 2.24) is 0 Å². The van der Waals surface area contributed by atoms with Crippen LogP contribution in [0.4, 0.5) is 18.9 Å². The Morgan fingerprint density at radius 2 is 1.89 bits per heavy atom. The predicted octanol–water partition coefficient (Wildman–Crippen LogP) is 2.80. The van der Waals surface area contributed by atoms with Gasteiger partial charge in [0.05, 0.1) is 27.7 Å². The molecule has 2 N–H and O–H groups in total. The maximum atomic E-state index is 13.1. The molecule has 0 aromatic heterocycles. The zero-order valence-corrected chi connectivity index (χ0v) is 15.0. The maximum absolute atomic E-state index is 13.1. The van der Waals surface area contributed by atoms with Crippen molar-refractivity contribution in [3.05, 3.63) is 53.1 Å². The van der Waals surface area contributed by atoms with E-state index in [1.165, 1.54) is 18.2 Å². The number of amides is 1. The van der Waals surface area contributed by atoms with Crippen LogP contribution in [0.2, 0.25) is 5.02 Å². The van der Waals surface area contributed by atoms with Gasteiger partial charge in [0.15, 0.2) is 6.10 Å². The summed E-state index contributed by atoms with van der Waals surface area (Å²) in [4.78, 5) is 10.9. The highest BCUT2D eigenvalue weighted by atomic mass is 35.5. The Hall–Kier alpha value is -2.46. The molecule has 0 unspecified atom stereocenters. The lowest BCUT2D eigenvalue weighted by molar-refractivity contribution is -0.137. The molecule has 2 aromatic carbocycles. The predicted molar refractivity (Wildman–Crippen MR) is 91.0 cm³/mol. The van der Waals surface area contributed by atoms with Crippen molar-refractivity contribution in [2.45, 2.75) is 17.2 Å². The first-order chi connectivity index (χ1) is 12.5. The summed E-state index contributed by atoms with van der Waals surface area (Å²) in [6.07, 6.45) is -6.12. The highest BCUT2D eigenvalue weighted by Crippen LogP contribution is 2.39. The molecular formula is C16H12ClF3N2O4S. The summed E-state index contributed by atoms with van der Waals surface area (Å²) in [6.45, 7) is -0.474. The number of hydrogen-bond acceptors (Lipinski definition) is 4. The molecule has 27 heavy (non-hydrogen) atoms. The molecule has 1 heterocycles. The van der Waals surface area contributed by atoms with Gasteiger partial charge in [-0.15, -0.1) is 0 Å². The van der Waals surface area contributed by atoms with Crippen LogP contribution >= 0.6 is 11.6 Å². The van der Waals surface area contributed by atoms with Gasteiger partial charge in [-0.3, -0.25) is 9.10 Å². The average molecular weight is 421 g/mol. The Morgan fingerprint density at radius 1 is 1.22 bits per heavy atom. The van der Waals surface area contributed by atoms with E-state index in [2.05, 4.69) is 0 Å². The van der Waals surface area contributed by atoms with Gasteiger partial charge in [-0.1, -0.05) is 23.7 Å². The summed E-state index contributed by atoms with van der Waals surface area (Å²) in [5.41, 5.74) is 4.02. The molecule has 0 saturated heterocycles. The Balaban J connectivity index is 2.13. The molecule has 144 valence electrons. The van der Waals surface area contributed by atoms with Gasteiger partial charge in [-0.25, -0.2) is 8.42 Å². The van der Waals surface area contributed by atoms with E-state index in [0.29, 0.717) is 6.07 Å². The highest BCUT2D eigenvalue weighted by Gasteiger charge is 2.39. The van der Waals surface area contributed by atoms with Crippen LogP contribution in [0.1, 0.15) is 5.56 Å². The number of anilines is 1. The van der Waals surface area contributed by atoms with E-state index in [0.717, 1.165) is 16.4 Å². The lowest BCUT2D eigenvalue weighted by atomic mass is 10.2. The van der Waals surface area contributed by atoms with Crippen LogP contribution in [-0.4, -0.2) is 27.0 Å². The van der Waals surface area contributed by atoms with Crippen molar-refractivity contribution in [3.63, 3.8) is 0 Å². The van der Waals surface area contributed by atoms with Gasteiger partial charge in [-0.2, -0.15) is 13.2 Å². The smallest absolute Gasteiger partial charge is 0.417 e. The summed E-state index contributed by atoms with van der Waals surface area (Å²) in [5.74, 6) is -0.835. The molecule has 1 aliphatic rings. The number of rotatable bonds is 3. The number of para-hydroxylation sites is 2. The van der Waals surface area contributed by atoms with Crippen LogP contribution in [0.15, 0.2) is 47.4 Å². The second-order valence-electron chi connectivity index (χ2n) is 5.65. The Morgan fingerprint density at radius 3 is 2.52 bits per heavy atom. The Bertz CT molecular complexity index is 1010. The summed E-state index contributed by atoms with van der Waals surface area (Å²) in [5, 5.41) is -0.626. The van der Waals surface area contributed by atoms with Crippen LogP contribution in [0.5, 0.6) is 5.75 Å². The Kier molecular flexibility index (Phi) is 4.73. The third-order valence-corrected chi connectivity index (χ3v) is 5.99. The van der Waals surface area contributed by atoms with Gasteiger partial charge in [0.25, 0.3) is 15.9 Å². The van der Waals surface area contributed by atoms with Crippen molar-refractivity contribution >= 4 is 33.2 Å². The zero-order chi connectivity index (χ0) is 20.0. The molecule has 3 rings (SSSR count). The van der Waals surface area contributed by atoms with Gasteiger partial charge in [0.1, 0.15) is 5.75 Å². The Labute approximate surface area is 157 Å². The number of carbonyl (C=O) groups excluding carboxylic acids is 1. The molecule has 0 bridgehead atoms. The molecule has 1 aliphatic heterocycles.